The van der Waals surface area contributed by atoms with Gasteiger partial charge in [-0.25, -0.2) is 0 Å². The lowest BCUT2D eigenvalue weighted by atomic mass is 9.99. The van der Waals surface area contributed by atoms with Gasteiger partial charge in [0, 0.05) is 4.91 Å². The number of aliphatic hydroxyl groups is 3. The molecule has 0 aliphatic carbocycles. The van der Waals surface area contributed by atoms with E-state index >= 15 is 0 Å². The van der Waals surface area contributed by atoms with Crippen LogP contribution in [-0.2, 0) is 4.74 Å². The molecule has 1 fully saturated rings. The number of nitrogens with zero attached hydrogens (tertiary/aromatic N) is 3. The Morgan fingerprint density at radius 1 is 1.46 bits per heavy atom. The summed E-state index contributed by atoms with van der Waals surface area (Å²) in [6, 6.07) is -0.789. The van der Waals surface area contributed by atoms with Gasteiger partial charge in [-0.1, -0.05) is 5.11 Å². The predicted octanol–water partition coefficient (Wildman–Crippen LogP) is -1.22. The van der Waals surface area contributed by atoms with Gasteiger partial charge in [-0.3, -0.25) is 0 Å². The van der Waals surface area contributed by atoms with Crippen LogP contribution in [0.5, 0.6) is 0 Å². The molecular formula is C6H11N3O4. The summed E-state index contributed by atoms with van der Waals surface area (Å²) in [4.78, 5) is 2.51. The number of aliphatic hydroxyl groups excluding tert-OH is 3. The van der Waals surface area contributed by atoms with E-state index in [9.17, 15) is 10.2 Å². The molecular weight excluding hydrogens is 178 g/mol. The second-order valence-electron chi connectivity index (χ2n) is 2.81. The van der Waals surface area contributed by atoms with Crippen molar-refractivity contribution in [3.8, 4) is 0 Å². The Bertz CT molecular complexity index is 218. The van der Waals surface area contributed by atoms with Crippen molar-refractivity contribution in [2.24, 2.45) is 5.11 Å². The lowest BCUT2D eigenvalue weighted by molar-refractivity contribution is -0.155. The number of rotatable bonds is 2. The van der Waals surface area contributed by atoms with Crippen LogP contribution in [0.3, 0.4) is 0 Å². The number of hydrogen-bond donors (Lipinski definition) is 3. The quantitative estimate of drug-likeness (QED) is 0.286. The standard InChI is InChI=1S/C6H11N3O4/c7-9-8-3-2-13-4(1-10)6(12)5(3)11/h3-6,10-12H,1-2H2/t3?,4-,5-,6+/m1/s1. The third kappa shape index (κ3) is 2.09. The molecule has 1 aliphatic rings. The molecule has 1 unspecified atom stereocenters. The summed E-state index contributed by atoms with van der Waals surface area (Å²) in [6.45, 7) is -0.366. The molecule has 1 heterocycles. The fourth-order valence-electron chi connectivity index (χ4n) is 1.20. The minimum Gasteiger partial charge on any atom is -0.394 e. The molecule has 0 aromatic rings. The molecule has 0 saturated carbocycles. The number of azide groups is 1. The largest absolute Gasteiger partial charge is 0.394 e. The van der Waals surface area contributed by atoms with Gasteiger partial charge in [0.25, 0.3) is 0 Å². The van der Waals surface area contributed by atoms with E-state index < -0.39 is 24.4 Å². The zero-order chi connectivity index (χ0) is 9.84. The van der Waals surface area contributed by atoms with Gasteiger partial charge in [0.05, 0.1) is 25.4 Å². The first kappa shape index (κ1) is 10.2. The van der Waals surface area contributed by atoms with Crippen LogP contribution in [0.15, 0.2) is 5.11 Å². The molecule has 0 spiro atoms. The highest BCUT2D eigenvalue weighted by Crippen LogP contribution is 2.17. The highest BCUT2D eigenvalue weighted by atomic mass is 16.5. The van der Waals surface area contributed by atoms with Crippen molar-refractivity contribution in [3.63, 3.8) is 0 Å². The van der Waals surface area contributed by atoms with Crippen LogP contribution in [0.4, 0.5) is 0 Å². The van der Waals surface area contributed by atoms with Gasteiger partial charge in [-0.05, 0) is 5.53 Å². The van der Waals surface area contributed by atoms with Gasteiger partial charge in [0.2, 0.25) is 0 Å². The van der Waals surface area contributed by atoms with Crippen LogP contribution in [-0.4, -0.2) is 52.9 Å². The molecule has 0 amide bonds. The van der Waals surface area contributed by atoms with E-state index in [2.05, 4.69) is 10.0 Å². The van der Waals surface area contributed by atoms with Crippen molar-refractivity contribution < 1.29 is 20.1 Å². The minimum absolute atomic E-state index is 0.00745. The molecule has 13 heavy (non-hydrogen) atoms. The Kier molecular flexibility index (Phi) is 3.47. The molecule has 1 rings (SSSR count). The van der Waals surface area contributed by atoms with Crippen molar-refractivity contribution >= 4 is 0 Å². The van der Waals surface area contributed by atoms with Gasteiger partial charge < -0.3 is 20.1 Å². The summed E-state index contributed by atoms with van der Waals surface area (Å²) in [5.74, 6) is 0. The van der Waals surface area contributed by atoms with Crippen molar-refractivity contribution in [1.29, 1.82) is 0 Å². The molecule has 0 bridgehead atoms. The van der Waals surface area contributed by atoms with E-state index in [4.69, 9.17) is 15.4 Å². The Morgan fingerprint density at radius 3 is 2.69 bits per heavy atom. The summed E-state index contributed by atoms with van der Waals surface area (Å²) in [5, 5.41) is 30.6. The van der Waals surface area contributed by atoms with E-state index in [0.717, 1.165) is 0 Å². The molecule has 0 aromatic carbocycles. The van der Waals surface area contributed by atoms with Crippen molar-refractivity contribution in [3.05, 3.63) is 10.4 Å². The zero-order valence-electron chi connectivity index (χ0n) is 6.82. The lowest BCUT2D eigenvalue weighted by Crippen LogP contribution is -2.53. The first-order valence-corrected chi connectivity index (χ1v) is 3.83. The highest BCUT2D eigenvalue weighted by Gasteiger charge is 2.37. The molecule has 4 atom stereocenters. The second-order valence-corrected chi connectivity index (χ2v) is 2.81. The van der Waals surface area contributed by atoms with Gasteiger partial charge in [-0.15, -0.1) is 0 Å². The Hall–Kier alpha value is -0.850. The maximum absolute atomic E-state index is 9.36. The smallest absolute Gasteiger partial charge is 0.109 e. The van der Waals surface area contributed by atoms with Crippen LogP contribution in [0.2, 0.25) is 0 Å². The lowest BCUT2D eigenvalue weighted by Gasteiger charge is -2.34. The van der Waals surface area contributed by atoms with Crippen molar-refractivity contribution in [2.45, 2.75) is 24.4 Å². The predicted molar refractivity (Wildman–Crippen MR) is 41.8 cm³/mol. The molecule has 1 aliphatic heterocycles. The van der Waals surface area contributed by atoms with Crippen LogP contribution in [0.25, 0.3) is 10.4 Å². The normalized spacial score (nSPS) is 39.6. The van der Waals surface area contributed by atoms with E-state index in [1.165, 1.54) is 0 Å². The first-order valence-electron chi connectivity index (χ1n) is 3.83. The molecule has 0 aromatic heterocycles. The van der Waals surface area contributed by atoms with Crippen molar-refractivity contribution in [1.82, 2.24) is 0 Å². The molecule has 3 N–H and O–H groups in total. The maximum Gasteiger partial charge on any atom is 0.109 e. The fraction of sp³-hybridized carbons (Fsp3) is 1.00. The average molecular weight is 189 g/mol. The molecule has 7 heteroatoms. The number of ether oxygens (including phenoxy) is 1. The second kappa shape index (κ2) is 4.40. The van der Waals surface area contributed by atoms with Gasteiger partial charge in [0.15, 0.2) is 0 Å². The summed E-state index contributed by atoms with van der Waals surface area (Å²) in [5.41, 5.74) is 8.11. The Morgan fingerprint density at radius 2 is 2.15 bits per heavy atom. The first-order chi connectivity index (χ1) is 6.20. The van der Waals surface area contributed by atoms with Crippen LogP contribution < -0.4 is 0 Å². The number of hydrogen-bond acceptors (Lipinski definition) is 5. The maximum atomic E-state index is 9.36. The van der Waals surface area contributed by atoms with Gasteiger partial charge in [-0.2, -0.15) is 0 Å². The van der Waals surface area contributed by atoms with Crippen LogP contribution in [0, 0.1) is 0 Å². The highest BCUT2D eigenvalue weighted by molar-refractivity contribution is 4.90. The summed E-state index contributed by atoms with van der Waals surface area (Å²) in [7, 11) is 0. The van der Waals surface area contributed by atoms with E-state index in [0.29, 0.717) is 0 Å². The van der Waals surface area contributed by atoms with Crippen LogP contribution >= 0.6 is 0 Å². The molecule has 1 saturated heterocycles. The third-order valence-electron chi connectivity index (χ3n) is 1.99. The summed E-state index contributed by atoms with van der Waals surface area (Å²) in [6.07, 6.45) is -3.20. The van der Waals surface area contributed by atoms with Crippen molar-refractivity contribution in [2.75, 3.05) is 13.2 Å². The summed E-state index contributed by atoms with van der Waals surface area (Å²) >= 11 is 0. The fourth-order valence-corrected chi connectivity index (χ4v) is 1.20. The Balaban J connectivity index is 2.63. The van der Waals surface area contributed by atoms with Gasteiger partial charge >= 0.3 is 0 Å². The van der Waals surface area contributed by atoms with Gasteiger partial charge in [0.1, 0.15) is 12.2 Å². The topological polar surface area (TPSA) is 119 Å². The molecule has 0 radical (unpaired) electrons. The minimum atomic E-state index is -1.21. The van der Waals surface area contributed by atoms with E-state index in [1.807, 2.05) is 0 Å². The van der Waals surface area contributed by atoms with Crippen LogP contribution in [0.1, 0.15) is 0 Å². The summed E-state index contributed by atoms with van der Waals surface area (Å²) < 4.78 is 4.95. The Labute approximate surface area is 74.2 Å². The van der Waals surface area contributed by atoms with E-state index in [1.54, 1.807) is 0 Å². The molecule has 7 nitrogen and oxygen atoms in total. The van der Waals surface area contributed by atoms with E-state index in [-0.39, 0.29) is 13.2 Å². The third-order valence-corrected chi connectivity index (χ3v) is 1.99. The SMILES string of the molecule is [N-]=[N+]=NC1CO[C@H](CO)[C@H](O)[C@@H]1O. The average Bonchev–Trinajstić information content (AvgIpc) is 2.14. The molecule has 74 valence electrons. The monoisotopic (exact) mass is 189 g/mol. The zero-order valence-corrected chi connectivity index (χ0v) is 6.82.